The van der Waals surface area contributed by atoms with E-state index in [-0.39, 0.29) is 11.2 Å². The number of methoxy groups -OCH3 is 1. The van der Waals surface area contributed by atoms with Crippen molar-refractivity contribution in [3.63, 3.8) is 0 Å². The standard InChI is InChI=1S/C22H34FNO/c1-17(2)15-21(24-13-6-7-20(24)12-14-25-5)16-22(3,4)18-8-10-19(23)11-9-18/h8-11,15,20-21H,6-7,12-14,16H2,1-5H3/t20-,21+/m0/s1. The average Bonchev–Trinajstić information content (AvgIpc) is 3.00. The quantitative estimate of drug-likeness (QED) is 0.589. The predicted molar refractivity (Wildman–Crippen MR) is 103 cm³/mol. The molecule has 1 fully saturated rings. The summed E-state index contributed by atoms with van der Waals surface area (Å²) in [7, 11) is 1.78. The van der Waals surface area contributed by atoms with E-state index < -0.39 is 0 Å². The highest BCUT2D eigenvalue weighted by molar-refractivity contribution is 5.25. The lowest BCUT2D eigenvalue weighted by atomic mass is 9.78. The molecule has 0 spiro atoms. The summed E-state index contributed by atoms with van der Waals surface area (Å²) in [6.45, 7) is 10.9. The average molecular weight is 348 g/mol. The van der Waals surface area contributed by atoms with Gasteiger partial charge in [0, 0.05) is 25.8 Å². The number of benzene rings is 1. The normalized spacial score (nSPS) is 19.8. The fourth-order valence-electron chi connectivity index (χ4n) is 4.06. The van der Waals surface area contributed by atoms with Crippen LogP contribution in [-0.4, -0.2) is 37.2 Å². The van der Waals surface area contributed by atoms with Crippen LogP contribution in [0, 0.1) is 5.82 Å². The van der Waals surface area contributed by atoms with Crippen molar-refractivity contribution in [3.8, 4) is 0 Å². The molecule has 1 aliphatic heterocycles. The van der Waals surface area contributed by atoms with Gasteiger partial charge in [-0.25, -0.2) is 4.39 Å². The molecule has 0 radical (unpaired) electrons. The number of nitrogens with zero attached hydrogens (tertiary/aromatic N) is 1. The lowest BCUT2D eigenvalue weighted by Gasteiger charge is -2.37. The van der Waals surface area contributed by atoms with Gasteiger partial charge in [-0.15, -0.1) is 0 Å². The maximum atomic E-state index is 13.3. The number of hydrogen-bond acceptors (Lipinski definition) is 2. The lowest BCUT2D eigenvalue weighted by Crippen LogP contribution is -2.42. The Labute approximate surface area is 153 Å². The second kappa shape index (κ2) is 8.95. The number of likely N-dealkylation sites (tertiary alicyclic amines) is 1. The van der Waals surface area contributed by atoms with Gasteiger partial charge < -0.3 is 4.74 Å². The van der Waals surface area contributed by atoms with E-state index in [0.717, 1.165) is 26.0 Å². The number of hydrogen-bond donors (Lipinski definition) is 0. The topological polar surface area (TPSA) is 12.5 Å². The minimum atomic E-state index is -0.167. The molecule has 0 aromatic heterocycles. The lowest BCUT2D eigenvalue weighted by molar-refractivity contribution is 0.129. The van der Waals surface area contributed by atoms with Crippen LogP contribution >= 0.6 is 0 Å². The first-order valence-corrected chi connectivity index (χ1v) is 9.49. The summed E-state index contributed by atoms with van der Waals surface area (Å²) in [5.41, 5.74) is 2.56. The van der Waals surface area contributed by atoms with Crippen LogP contribution in [0.4, 0.5) is 4.39 Å². The van der Waals surface area contributed by atoms with Gasteiger partial charge >= 0.3 is 0 Å². The van der Waals surface area contributed by atoms with Crippen LogP contribution in [0.3, 0.4) is 0 Å². The van der Waals surface area contributed by atoms with Gasteiger partial charge in [0.1, 0.15) is 5.82 Å². The Balaban J connectivity index is 2.19. The van der Waals surface area contributed by atoms with Crippen LogP contribution in [0.25, 0.3) is 0 Å². The molecule has 2 nitrogen and oxygen atoms in total. The first-order valence-electron chi connectivity index (χ1n) is 9.49. The van der Waals surface area contributed by atoms with Crippen molar-refractivity contribution in [2.24, 2.45) is 0 Å². The second-order valence-electron chi connectivity index (χ2n) is 8.22. The first kappa shape index (κ1) is 20.1. The summed E-state index contributed by atoms with van der Waals surface area (Å²) in [6, 6.07) is 8.02. The van der Waals surface area contributed by atoms with E-state index in [4.69, 9.17) is 4.74 Å². The van der Waals surface area contributed by atoms with Crippen molar-refractivity contribution in [1.82, 2.24) is 4.90 Å². The Bertz CT molecular complexity index is 560. The van der Waals surface area contributed by atoms with E-state index in [1.165, 1.54) is 24.0 Å². The first-order chi connectivity index (χ1) is 11.8. The highest BCUT2D eigenvalue weighted by atomic mass is 19.1. The Morgan fingerprint density at radius 1 is 1.32 bits per heavy atom. The molecule has 2 atom stereocenters. The summed E-state index contributed by atoms with van der Waals surface area (Å²) in [4.78, 5) is 2.66. The Hall–Kier alpha value is -1.19. The molecule has 140 valence electrons. The molecular weight excluding hydrogens is 313 g/mol. The molecule has 0 unspecified atom stereocenters. The van der Waals surface area contributed by atoms with Gasteiger partial charge in [0.25, 0.3) is 0 Å². The maximum absolute atomic E-state index is 13.3. The monoisotopic (exact) mass is 347 g/mol. The fourth-order valence-corrected chi connectivity index (χ4v) is 4.06. The number of allylic oxidation sites excluding steroid dienone is 1. The third-order valence-electron chi connectivity index (χ3n) is 5.37. The molecular formula is C22H34FNO. The Kier molecular flexibility index (Phi) is 7.21. The predicted octanol–water partition coefficient (Wildman–Crippen LogP) is 5.33. The van der Waals surface area contributed by atoms with Crippen LogP contribution in [0.2, 0.25) is 0 Å². The summed E-state index contributed by atoms with van der Waals surface area (Å²) < 4.78 is 18.6. The molecule has 0 aliphatic carbocycles. The van der Waals surface area contributed by atoms with Crippen molar-refractivity contribution >= 4 is 0 Å². The van der Waals surface area contributed by atoms with Crippen molar-refractivity contribution < 1.29 is 9.13 Å². The van der Waals surface area contributed by atoms with E-state index in [9.17, 15) is 4.39 Å². The maximum Gasteiger partial charge on any atom is 0.123 e. The molecule has 1 aliphatic rings. The molecule has 1 heterocycles. The van der Waals surface area contributed by atoms with E-state index in [0.29, 0.717) is 12.1 Å². The summed E-state index contributed by atoms with van der Waals surface area (Å²) in [6.07, 6.45) is 7.07. The van der Waals surface area contributed by atoms with E-state index in [2.05, 4.69) is 38.7 Å². The van der Waals surface area contributed by atoms with Gasteiger partial charge in [-0.2, -0.15) is 0 Å². The summed E-state index contributed by atoms with van der Waals surface area (Å²) in [5.74, 6) is -0.167. The van der Waals surface area contributed by atoms with Crippen molar-refractivity contribution in [3.05, 3.63) is 47.3 Å². The molecule has 2 rings (SSSR count). The molecule has 0 bridgehead atoms. The fraction of sp³-hybridized carbons (Fsp3) is 0.636. The minimum Gasteiger partial charge on any atom is -0.385 e. The number of ether oxygens (including phenoxy) is 1. The van der Waals surface area contributed by atoms with Crippen molar-refractivity contribution in [1.29, 1.82) is 0 Å². The molecule has 1 aromatic rings. The van der Waals surface area contributed by atoms with Crippen LogP contribution in [0.15, 0.2) is 35.9 Å². The van der Waals surface area contributed by atoms with E-state index >= 15 is 0 Å². The molecule has 1 saturated heterocycles. The molecule has 0 amide bonds. The van der Waals surface area contributed by atoms with Gasteiger partial charge in [0.15, 0.2) is 0 Å². The molecule has 3 heteroatoms. The summed E-state index contributed by atoms with van der Waals surface area (Å²) >= 11 is 0. The van der Waals surface area contributed by atoms with Gasteiger partial charge in [0.05, 0.1) is 0 Å². The zero-order valence-electron chi connectivity index (χ0n) is 16.5. The molecule has 25 heavy (non-hydrogen) atoms. The van der Waals surface area contributed by atoms with Crippen molar-refractivity contribution in [2.75, 3.05) is 20.3 Å². The van der Waals surface area contributed by atoms with Crippen LogP contribution in [-0.2, 0) is 10.2 Å². The minimum absolute atomic E-state index is 0.00128. The highest BCUT2D eigenvalue weighted by Crippen LogP contribution is 2.34. The SMILES string of the molecule is COCC[C@@H]1CCCN1[C@H](C=C(C)C)CC(C)(C)c1ccc(F)cc1. The summed E-state index contributed by atoms with van der Waals surface area (Å²) in [5, 5.41) is 0. The molecule has 1 aromatic carbocycles. The van der Waals surface area contributed by atoms with Crippen molar-refractivity contribution in [2.45, 2.75) is 70.9 Å². The zero-order chi connectivity index (χ0) is 18.4. The van der Waals surface area contributed by atoms with Crippen LogP contribution in [0.5, 0.6) is 0 Å². The van der Waals surface area contributed by atoms with Gasteiger partial charge in [0.2, 0.25) is 0 Å². The zero-order valence-corrected chi connectivity index (χ0v) is 16.5. The third-order valence-corrected chi connectivity index (χ3v) is 5.37. The van der Waals surface area contributed by atoms with Gasteiger partial charge in [-0.1, -0.05) is 37.6 Å². The number of rotatable bonds is 8. The number of halogens is 1. The van der Waals surface area contributed by atoms with E-state index in [1.807, 2.05) is 12.1 Å². The smallest absolute Gasteiger partial charge is 0.123 e. The Morgan fingerprint density at radius 3 is 2.60 bits per heavy atom. The largest absolute Gasteiger partial charge is 0.385 e. The van der Waals surface area contributed by atoms with Gasteiger partial charge in [-0.3, -0.25) is 4.90 Å². The molecule has 0 saturated carbocycles. The highest BCUT2D eigenvalue weighted by Gasteiger charge is 2.33. The molecule has 0 N–H and O–H groups in total. The van der Waals surface area contributed by atoms with Crippen LogP contribution < -0.4 is 0 Å². The van der Waals surface area contributed by atoms with Crippen LogP contribution in [0.1, 0.15) is 58.9 Å². The third kappa shape index (κ3) is 5.65. The van der Waals surface area contributed by atoms with Gasteiger partial charge in [-0.05, 0) is 69.2 Å². The van der Waals surface area contributed by atoms with E-state index in [1.54, 1.807) is 19.2 Å². The second-order valence-corrected chi connectivity index (χ2v) is 8.22. The Morgan fingerprint density at radius 2 is 2.00 bits per heavy atom.